The highest BCUT2D eigenvalue weighted by atomic mass is 79.9. The fourth-order valence-corrected chi connectivity index (χ4v) is 2.62. The van der Waals surface area contributed by atoms with Crippen LogP contribution in [0.25, 0.3) is 0 Å². The van der Waals surface area contributed by atoms with Gasteiger partial charge in [0.1, 0.15) is 0 Å². The lowest BCUT2D eigenvalue weighted by Gasteiger charge is -2.16. The standard InChI is InChI=1S/C12H16BrN3O2/c13-9-7-11(16(17)18)12(14-8-9)15-10-5-3-1-2-4-6-10/h7-8,10H,1-6H2,(H,14,15). The van der Waals surface area contributed by atoms with Gasteiger partial charge in [-0.25, -0.2) is 4.98 Å². The number of rotatable bonds is 3. The largest absolute Gasteiger partial charge is 0.362 e. The number of hydrogen-bond acceptors (Lipinski definition) is 4. The SMILES string of the molecule is O=[N+]([O-])c1cc(Br)cnc1NC1CCCCCC1. The highest BCUT2D eigenvalue weighted by molar-refractivity contribution is 9.10. The van der Waals surface area contributed by atoms with Crippen LogP contribution in [0.15, 0.2) is 16.7 Å². The molecule has 5 nitrogen and oxygen atoms in total. The lowest BCUT2D eigenvalue weighted by Crippen LogP contribution is -2.19. The Bertz CT molecular complexity index is 431. The monoisotopic (exact) mass is 313 g/mol. The van der Waals surface area contributed by atoms with E-state index in [1.807, 2.05) is 0 Å². The first kappa shape index (κ1) is 13.3. The summed E-state index contributed by atoms with van der Waals surface area (Å²) >= 11 is 3.21. The number of nitrogens with zero attached hydrogens (tertiary/aromatic N) is 2. The maximum absolute atomic E-state index is 11.0. The van der Waals surface area contributed by atoms with Gasteiger partial charge in [-0.15, -0.1) is 0 Å². The van der Waals surface area contributed by atoms with Crippen molar-refractivity contribution in [2.24, 2.45) is 0 Å². The van der Waals surface area contributed by atoms with Gasteiger partial charge in [0.25, 0.3) is 0 Å². The Morgan fingerprint density at radius 3 is 2.61 bits per heavy atom. The van der Waals surface area contributed by atoms with Gasteiger partial charge in [0.05, 0.1) is 4.92 Å². The molecule has 0 saturated heterocycles. The van der Waals surface area contributed by atoms with Crippen LogP contribution < -0.4 is 5.32 Å². The van der Waals surface area contributed by atoms with Gasteiger partial charge in [0, 0.05) is 22.8 Å². The van der Waals surface area contributed by atoms with Crippen molar-refractivity contribution in [2.75, 3.05) is 5.32 Å². The first-order valence-electron chi connectivity index (χ1n) is 6.23. The molecule has 18 heavy (non-hydrogen) atoms. The van der Waals surface area contributed by atoms with E-state index in [4.69, 9.17) is 0 Å². The van der Waals surface area contributed by atoms with Crippen molar-refractivity contribution in [2.45, 2.75) is 44.6 Å². The van der Waals surface area contributed by atoms with Crippen LogP contribution in [0, 0.1) is 10.1 Å². The van der Waals surface area contributed by atoms with Gasteiger partial charge >= 0.3 is 5.69 Å². The Hall–Kier alpha value is -1.17. The summed E-state index contributed by atoms with van der Waals surface area (Å²) in [6, 6.07) is 1.80. The maximum Gasteiger partial charge on any atom is 0.312 e. The number of nitrogens with one attached hydrogen (secondary N) is 1. The summed E-state index contributed by atoms with van der Waals surface area (Å²) in [5.41, 5.74) is 0.0358. The molecular formula is C12H16BrN3O2. The van der Waals surface area contributed by atoms with Gasteiger partial charge in [-0.2, -0.15) is 0 Å². The summed E-state index contributed by atoms with van der Waals surface area (Å²) in [6.45, 7) is 0. The van der Waals surface area contributed by atoms with Gasteiger partial charge in [-0.05, 0) is 28.8 Å². The minimum absolute atomic E-state index is 0.0358. The van der Waals surface area contributed by atoms with Crippen molar-refractivity contribution in [3.63, 3.8) is 0 Å². The molecule has 1 aromatic heterocycles. The van der Waals surface area contributed by atoms with E-state index in [0.29, 0.717) is 16.3 Å². The predicted molar refractivity (Wildman–Crippen MR) is 73.7 cm³/mol. The third kappa shape index (κ3) is 3.41. The van der Waals surface area contributed by atoms with Crippen LogP contribution in [0.1, 0.15) is 38.5 Å². The lowest BCUT2D eigenvalue weighted by molar-refractivity contribution is -0.384. The van der Waals surface area contributed by atoms with E-state index in [-0.39, 0.29) is 5.69 Å². The molecular weight excluding hydrogens is 298 g/mol. The predicted octanol–water partition coefficient (Wildman–Crippen LogP) is 3.89. The van der Waals surface area contributed by atoms with Crippen molar-refractivity contribution in [3.05, 3.63) is 26.9 Å². The van der Waals surface area contributed by atoms with Crippen LogP contribution in [0.2, 0.25) is 0 Å². The highest BCUT2D eigenvalue weighted by Crippen LogP contribution is 2.28. The molecule has 2 rings (SSSR count). The lowest BCUT2D eigenvalue weighted by atomic mass is 10.1. The van der Waals surface area contributed by atoms with E-state index >= 15 is 0 Å². The molecule has 6 heteroatoms. The molecule has 1 aliphatic rings. The zero-order valence-electron chi connectivity index (χ0n) is 10.1. The normalized spacial score (nSPS) is 17.2. The second-order valence-corrected chi connectivity index (χ2v) is 5.53. The summed E-state index contributed by atoms with van der Waals surface area (Å²) in [6.07, 6.45) is 8.60. The van der Waals surface area contributed by atoms with E-state index in [0.717, 1.165) is 12.8 Å². The first-order valence-corrected chi connectivity index (χ1v) is 7.02. The molecule has 0 radical (unpaired) electrons. The summed E-state index contributed by atoms with van der Waals surface area (Å²) in [5.74, 6) is 0.384. The first-order chi connectivity index (χ1) is 8.66. The molecule has 0 aliphatic heterocycles. The topological polar surface area (TPSA) is 68.1 Å². The molecule has 1 heterocycles. The van der Waals surface area contributed by atoms with E-state index < -0.39 is 4.92 Å². The minimum atomic E-state index is -0.392. The fourth-order valence-electron chi connectivity index (χ4n) is 2.30. The number of anilines is 1. The van der Waals surface area contributed by atoms with Gasteiger partial charge in [0.2, 0.25) is 5.82 Å². The number of halogens is 1. The molecule has 1 aliphatic carbocycles. The molecule has 0 aromatic carbocycles. The van der Waals surface area contributed by atoms with E-state index in [2.05, 4.69) is 26.2 Å². The van der Waals surface area contributed by atoms with Crippen LogP contribution in [-0.4, -0.2) is 15.9 Å². The molecule has 1 N–H and O–H groups in total. The molecule has 1 aromatic rings. The van der Waals surface area contributed by atoms with Crippen molar-refractivity contribution in [1.29, 1.82) is 0 Å². The average molecular weight is 314 g/mol. The zero-order chi connectivity index (χ0) is 13.0. The van der Waals surface area contributed by atoms with Crippen molar-refractivity contribution in [1.82, 2.24) is 4.98 Å². The van der Waals surface area contributed by atoms with Crippen LogP contribution >= 0.6 is 15.9 Å². The average Bonchev–Trinajstić information content (AvgIpc) is 2.60. The molecule has 98 valence electrons. The third-order valence-corrected chi connectivity index (χ3v) is 3.66. The summed E-state index contributed by atoms with van der Waals surface area (Å²) in [5, 5.41) is 14.2. The minimum Gasteiger partial charge on any atom is -0.362 e. The number of hydrogen-bond donors (Lipinski definition) is 1. The van der Waals surface area contributed by atoms with E-state index in [1.54, 1.807) is 6.20 Å². The van der Waals surface area contributed by atoms with Crippen LogP contribution in [-0.2, 0) is 0 Å². The summed E-state index contributed by atoms with van der Waals surface area (Å²) in [7, 11) is 0. The number of aromatic nitrogens is 1. The number of nitro groups is 1. The highest BCUT2D eigenvalue weighted by Gasteiger charge is 2.20. The van der Waals surface area contributed by atoms with Gasteiger partial charge < -0.3 is 5.32 Å². The smallest absolute Gasteiger partial charge is 0.312 e. The van der Waals surface area contributed by atoms with Crippen molar-refractivity contribution >= 4 is 27.4 Å². The van der Waals surface area contributed by atoms with Crippen LogP contribution in [0.4, 0.5) is 11.5 Å². The third-order valence-electron chi connectivity index (χ3n) is 3.23. The summed E-state index contributed by atoms with van der Waals surface area (Å²) < 4.78 is 0.626. The van der Waals surface area contributed by atoms with Gasteiger partial charge in [-0.3, -0.25) is 10.1 Å². The molecule has 1 fully saturated rings. The molecule has 1 saturated carbocycles. The summed E-state index contributed by atoms with van der Waals surface area (Å²) in [4.78, 5) is 14.7. The van der Waals surface area contributed by atoms with E-state index in [1.165, 1.54) is 31.7 Å². The van der Waals surface area contributed by atoms with Crippen molar-refractivity contribution < 1.29 is 4.92 Å². The maximum atomic E-state index is 11.0. The Kier molecular flexibility index (Phi) is 4.52. The molecule has 0 bridgehead atoms. The second-order valence-electron chi connectivity index (χ2n) is 4.61. The molecule has 0 amide bonds. The Labute approximate surface area is 114 Å². The molecule has 0 spiro atoms. The molecule has 0 atom stereocenters. The Morgan fingerprint density at radius 2 is 2.00 bits per heavy atom. The van der Waals surface area contributed by atoms with Crippen LogP contribution in [0.5, 0.6) is 0 Å². The van der Waals surface area contributed by atoms with Crippen LogP contribution in [0.3, 0.4) is 0 Å². The second kappa shape index (κ2) is 6.13. The number of pyridine rings is 1. The van der Waals surface area contributed by atoms with Crippen molar-refractivity contribution in [3.8, 4) is 0 Å². The van der Waals surface area contributed by atoms with Gasteiger partial charge in [-0.1, -0.05) is 25.7 Å². The van der Waals surface area contributed by atoms with Gasteiger partial charge in [0.15, 0.2) is 0 Å². The van der Waals surface area contributed by atoms with E-state index in [9.17, 15) is 10.1 Å². The Balaban J connectivity index is 2.14. The molecule has 0 unspecified atom stereocenters. The zero-order valence-corrected chi connectivity index (χ0v) is 11.6. The Morgan fingerprint density at radius 1 is 1.33 bits per heavy atom. The quantitative estimate of drug-likeness (QED) is 0.522. The fraction of sp³-hybridized carbons (Fsp3) is 0.583.